The predicted molar refractivity (Wildman–Crippen MR) is 143 cm³/mol. The zero-order valence-corrected chi connectivity index (χ0v) is 21.2. The SMILES string of the molecule is COc1ccc2c(c1O)[C@@]13CCN(C)[C@@H](C2)[C@H]1Cc1nc(-c2ccccc2)c(-c2ccncc2)nc1C3. The second-order valence-electron chi connectivity index (χ2n) is 10.7. The lowest BCUT2D eigenvalue weighted by Gasteiger charge is -2.58. The first kappa shape index (κ1) is 22.4. The lowest BCUT2D eigenvalue weighted by molar-refractivity contribution is 0.0210. The number of likely N-dealkylation sites (N-methyl/N-ethyl adjacent to an activating group) is 1. The molecule has 2 bridgehead atoms. The first-order valence-electron chi connectivity index (χ1n) is 13.0. The average molecular weight is 491 g/mol. The molecule has 3 aliphatic rings. The van der Waals surface area contributed by atoms with Crippen molar-refractivity contribution in [3.05, 3.63) is 89.5 Å². The van der Waals surface area contributed by atoms with Gasteiger partial charge in [0.25, 0.3) is 0 Å². The Bertz CT molecular complexity index is 1490. The van der Waals surface area contributed by atoms with Crippen molar-refractivity contribution in [3.63, 3.8) is 0 Å². The number of methoxy groups -OCH3 is 1. The molecule has 1 fully saturated rings. The van der Waals surface area contributed by atoms with Crippen molar-refractivity contribution in [2.75, 3.05) is 20.7 Å². The summed E-state index contributed by atoms with van der Waals surface area (Å²) in [6.45, 7) is 0.999. The summed E-state index contributed by atoms with van der Waals surface area (Å²) in [6.07, 6.45) is 7.14. The number of piperidine rings is 1. The molecular weight excluding hydrogens is 460 g/mol. The smallest absolute Gasteiger partial charge is 0.161 e. The van der Waals surface area contributed by atoms with Gasteiger partial charge in [0, 0.05) is 47.0 Å². The first-order valence-corrected chi connectivity index (χ1v) is 13.0. The van der Waals surface area contributed by atoms with E-state index in [0.29, 0.717) is 23.5 Å². The minimum atomic E-state index is -0.186. The highest BCUT2D eigenvalue weighted by molar-refractivity contribution is 5.78. The van der Waals surface area contributed by atoms with E-state index in [2.05, 4.69) is 47.3 Å². The summed E-state index contributed by atoms with van der Waals surface area (Å²) in [5.41, 5.74) is 8.14. The Morgan fingerprint density at radius 2 is 1.65 bits per heavy atom. The fourth-order valence-corrected chi connectivity index (χ4v) is 7.21. The Hall–Kier alpha value is -3.77. The molecule has 4 aromatic rings. The quantitative estimate of drug-likeness (QED) is 0.444. The molecule has 1 aliphatic heterocycles. The van der Waals surface area contributed by atoms with Crippen molar-refractivity contribution in [2.24, 2.45) is 5.92 Å². The minimum absolute atomic E-state index is 0.186. The highest BCUT2D eigenvalue weighted by Crippen LogP contribution is 2.57. The van der Waals surface area contributed by atoms with Crippen LogP contribution in [-0.2, 0) is 24.7 Å². The van der Waals surface area contributed by atoms with Crippen molar-refractivity contribution in [3.8, 4) is 34.0 Å². The van der Waals surface area contributed by atoms with Gasteiger partial charge in [-0.3, -0.25) is 4.98 Å². The van der Waals surface area contributed by atoms with Crippen LogP contribution in [-0.4, -0.2) is 51.7 Å². The van der Waals surface area contributed by atoms with Gasteiger partial charge in [-0.15, -0.1) is 0 Å². The summed E-state index contributed by atoms with van der Waals surface area (Å²) >= 11 is 0. The lowest BCUT2D eigenvalue weighted by Crippen LogP contribution is -2.61. The molecule has 1 N–H and O–H groups in total. The fourth-order valence-electron chi connectivity index (χ4n) is 7.21. The molecule has 0 spiro atoms. The standard InChI is InChI=1S/C31H30N4O2/c1-35-15-12-31-18-24-23(17-22(31)25(35)16-21-8-9-26(37-2)30(36)27(21)31)33-28(19-6-4-3-5-7-19)29(34-24)20-10-13-32-14-11-20/h3-11,13-14,22,25,36H,12,15-18H2,1-2H3/t22-,25+,31-/m1/s1. The van der Waals surface area contributed by atoms with Crippen molar-refractivity contribution < 1.29 is 9.84 Å². The summed E-state index contributed by atoms with van der Waals surface area (Å²) in [7, 11) is 3.87. The minimum Gasteiger partial charge on any atom is -0.504 e. The van der Waals surface area contributed by atoms with Crippen LogP contribution < -0.4 is 4.74 Å². The molecular formula is C31H30N4O2. The number of benzene rings is 2. The number of fused-ring (bicyclic) bond motifs is 2. The first-order chi connectivity index (χ1) is 18.1. The Balaban J connectivity index is 1.45. The van der Waals surface area contributed by atoms with Gasteiger partial charge < -0.3 is 14.7 Å². The van der Waals surface area contributed by atoms with Gasteiger partial charge in [-0.1, -0.05) is 36.4 Å². The molecule has 7 rings (SSSR count). The van der Waals surface area contributed by atoms with Crippen LogP contribution in [0, 0.1) is 5.92 Å². The number of hydrogen-bond donors (Lipinski definition) is 1. The maximum Gasteiger partial charge on any atom is 0.161 e. The molecule has 0 amide bonds. The highest BCUT2D eigenvalue weighted by Gasteiger charge is 2.56. The number of rotatable bonds is 3. The molecule has 2 aromatic carbocycles. The number of phenolic OH excluding ortho intramolecular Hbond substituents is 1. The Morgan fingerprint density at radius 1 is 0.919 bits per heavy atom. The number of aromatic nitrogens is 3. The lowest BCUT2D eigenvalue weighted by atomic mass is 9.52. The molecule has 0 radical (unpaired) electrons. The maximum atomic E-state index is 11.4. The summed E-state index contributed by atoms with van der Waals surface area (Å²) in [5.74, 6) is 1.21. The second kappa shape index (κ2) is 8.38. The highest BCUT2D eigenvalue weighted by atomic mass is 16.5. The number of aromatic hydroxyl groups is 1. The number of phenols is 1. The zero-order chi connectivity index (χ0) is 25.1. The number of nitrogens with zero attached hydrogens (tertiary/aromatic N) is 4. The van der Waals surface area contributed by atoms with E-state index in [1.54, 1.807) is 7.11 Å². The van der Waals surface area contributed by atoms with Gasteiger partial charge in [-0.25, -0.2) is 9.97 Å². The van der Waals surface area contributed by atoms with Gasteiger partial charge in [0.1, 0.15) is 0 Å². The van der Waals surface area contributed by atoms with Gasteiger partial charge in [-0.05, 0) is 62.5 Å². The van der Waals surface area contributed by atoms with Gasteiger partial charge in [0.2, 0.25) is 0 Å². The van der Waals surface area contributed by atoms with E-state index in [0.717, 1.165) is 71.7 Å². The van der Waals surface area contributed by atoms with E-state index in [4.69, 9.17) is 14.7 Å². The number of pyridine rings is 1. The molecule has 2 aliphatic carbocycles. The average Bonchev–Trinajstić information content (AvgIpc) is 2.94. The van der Waals surface area contributed by atoms with E-state index in [1.807, 2.05) is 36.7 Å². The third-order valence-corrected chi connectivity index (χ3v) is 8.97. The number of ether oxygens (including phenoxy) is 1. The van der Waals surface area contributed by atoms with Crippen LogP contribution in [0.2, 0.25) is 0 Å². The molecule has 37 heavy (non-hydrogen) atoms. The largest absolute Gasteiger partial charge is 0.504 e. The Morgan fingerprint density at radius 3 is 2.41 bits per heavy atom. The van der Waals surface area contributed by atoms with Gasteiger partial charge in [-0.2, -0.15) is 0 Å². The third kappa shape index (κ3) is 3.32. The van der Waals surface area contributed by atoms with Crippen molar-refractivity contribution >= 4 is 0 Å². The normalized spacial score (nSPS) is 24.1. The van der Waals surface area contributed by atoms with Crippen molar-refractivity contribution in [1.29, 1.82) is 0 Å². The second-order valence-corrected chi connectivity index (χ2v) is 10.7. The van der Waals surface area contributed by atoms with Crippen LogP contribution >= 0.6 is 0 Å². The Labute approximate surface area is 217 Å². The van der Waals surface area contributed by atoms with E-state index in [1.165, 1.54) is 5.56 Å². The molecule has 6 heteroatoms. The molecule has 186 valence electrons. The van der Waals surface area contributed by atoms with Gasteiger partial charge >= 0.3 is 0 Å². The third-order valence-electron chi connectivity index (χ3n) is 8.97. The topological polar surface area (TPSA) is 71.4 Å². The molecule has 0 saturated carbocycles. The molecule has 6 nitrogen and oxygen atoms in total. The fraction of sp³-hybridized carbons (Fsp3) is 0.323. The van der Waals surface area contributed by atoms with Crippen LogP contribution in [0.25, 0.3) is 22.5 Å². The molecule has 3 atom stereocenters. The van der Waals surface area contributed by atoms with Crippen molar-refractivity contribution in [2.45, 2.75) is 37.1 Å². The maximum absolute atomic E-state index is 11.4. The van der Waals surface area contributed by atoms with E-state index in [9.17, 15) is 5.11 Å². The molecule has 1 saturated heterocycles. The van der Waals surface area contributed by atoms with Crippen LogP contribution in [0.3, 0.4) is 0 Å². The molecule has 2 aromatic heterocycles. The monoisotopic (exact) mass is 490 g/mol. The van der Waals surface area contributed by atoms with Crippen LogP contribution in [0.15, 0.2) is 67.0 Å². The van der Waals surface area contributed by atoms with Crippen LogP contribution in [0.1, 0.15) is 28.9 Å². The zero-order valence-electron chi connectivity index (χ0n) is 21.2. The number of likely N-dealkylation sites (tertiary alicyclic amines) is 1. The molecule has 0 unspecified atom stereocenters. The van der Waals surface area contributed by atoms with Crippen LogP contribution in [0.5, 0.6) is 11.5 Å². The van der Waals surface area contributed by atoms with E-state index < -0.39 is 0 Å². The van der Waals surface area contributed by atoms with Gasteiger partial charge in [0.15, 0.2) is 11.5 Å². The predicted octanol–water partition coefficient (Wildman–Crippen LogP) is 4.83. The van der Waals surface area contributed by atoms with Gasteiger partial charge in [0.05, 0.1) is 29.9 Å². The van der Waals surface area contributed by atoms with E-state index >= 15 is 0 Å². The van der Waals surface area contributed by atoms with Crippen LogP contribution in [0.4, 0.5) is 0 Å². The van der Waals surface area contributed by atoms with Crippen molar-refractivity contribution in [1.82, 2.24) is 19.9 Å². The summed E-state index contributed by atoms with van der Waals surface area (Å²) in [5, 5.41) is 11.4. The Kier molecular flexibility index (Phi) is 5.08. The molecule has 3 heterocycles. The summed E-state index contributed by atoms with van der Waals surface area (Å²) < 4.78 is 5.56. The van der Waals surface area contributed by atoms with E-state index in [-0.39, 0.29) is 5.41 Å². The summed E-state index contributed by atoms with van der Waals surface area (Å²) in [4.78, 5) is 17.4. The number of hydrogen-bond acceptors (Lipinski definition) is 6. The summed E-state index contributed by atoms with van der Waals surface area (Å²) in [6, 6.07) is 18.8.